The zero-order valence-electron chi connectivity index (χ0n) is 13.2. The Morgan fingerprint density at radius 1 is 1.23 bits per heavy atom. The normalized spacial score (nSPS) is 10.2. The van der Waals surface area contributed by atoms with E-state index in [1.807, 2.05) is 20.8 Å². The fourth-order valence-electron chi connectivity index (χ4n) is 1.83. The van der Waals surface area contributed by atoms with Gasteiger partial charge in [0.05, 0.1) is 11.3 Å². The van der Waals surface area contributed by atoms with E-state index in [-0.39, 0.29) is 22.8 Å². The van der Waals surface area contributed by atoms with E-state index < -0.39 is 0 Å². The number of carbonyl (C=O) groups is 2. The Labute approximate surface area is 136 Å². The Morgan fingerprint density at radius 2 is 1.91 bits per heavy atom. The molecule has 5 nitrogen and oxygen atoms in total. The van der Waals surface area contributed by atoms with E-state index >= 15 is 0 Å². The summed E-state index contributed by atoms with van der Waals surface area (Å²) < 4.78 is 0. The first-order chi connectivity index (χ1) is 10.4. The van der Waals surface area contributed by atoms with Gasteiger partial charge in [-0.1, -0.05) is 32.9 Å². The Bertz CT molecular complexity index is 544. The number of para-hydroxylation sites is 1. The highest BCUT2D eigenvalue weighted by molar-refractivity contribution is 7.80. The number of benzene rings is 1. The molecule has 0 aromatic heterocycles. The van der Waals surface area contributed by atoms with Crippen LogP contribution in [0, 0.1) is 5.92 Å². The van der Waals surface area contributed by atoms with Crippen molar-refractivity contribution in [3.05, 3.63) is 29.8 Å². The molecule has 2 amide bonds. The molecule has 1 aromatic rings. The first kappa shape index (κ1) is 18.1. The second-order valence-electron chi connectivity index (χ2n) is 5.40. The fraction of sp³-hybridized carbons (Fsp3) is 0.438. The maximum absolute atomic E-state index is 12.1. The van der Waals surface area contributed by atoms with Crippen LogP contribution < -0.4 is 16.0 Å². The second-order valence-corrected chi connectivity index (χ2v) is 5.81. The highest BCUT2D eigenvalue weighted by atomic mass is 32.1. The minimum Gasteiger partial charge on any atom is -0.352 e. The number of rotatable bonds is 6. The third-order valence-electron chi connectivity index (χ3n) is 2.80. The largest absolute Gasteiger partial charge is 0.352 e. The van der Waals surface area contributed by atoms with Gasteiger partial charge in [-0.15, -0.1) is 0 Å². The number of anilines is 1. The molecule has 0 spiro atoms. The van der Waals surface area contributed by atoms with E-state index in [0.717, 1.165) is 6.42 Å². The van der Waals surface area contributed by atoms with Crippen LogP contribution in [-0.4, -0.2) is 23.5 Å². The molecule has 0 bridgehead atoms. The molecule has 0 aliphatic carbocycles. The molecule has 6 heteroatoms. The summed E-state index contributed by atoms with van der Waals surface area (Å²) in [4.78, 5) is 23.8. The van der Waals surface area contributed by atoms with Crippen LogP contribution in [0.15, 0.2) is 24.3 Å². The number of hydrogen-bond donors (Lipinski definition) is 3. The lowest BCUT2D eigenvalue weighted by molar-refractivity contribution is -0.120. The third kappa shape index (κ3) is 6.22. The van der Waals surface area contributed by atoms with Crippen LogP contribution in [0.5, 0.6) is 0 Å². The van der Waals surface area contributed by atoms with Crippen molar-refractivity contribution < 1.29 is 9.59 Å². The molecule has 0 unspecified atom stereocenters. The monoisotopic (exact) mass is 321 g/mol. The van der Waals surface area contributed by atoms with E-state index in [1.165, 1.54) is 0 Å². The standard InChI is InChI=1S/C16H23N3O2S/c1-4-9-17-15(21)12-7-5-6-8-13(12)18-16(22)19-14(20)10-11(2)3/h5-8,11H,4,9-10H2,1-3H3,(H,17,21)(H2,18,19,20,22). The fourth-order valence-corrected chi connectivity index (χ4v) is 2.05. The Balaban J connectivity index is 2.71. The summed E-state index contributed by atoms with van der Waals surface area (Å²) in [6, 6.07) is 7.05. The SMILES string of the molecule is CCCNC(=O)c1ccccc1NC(=S)NC(=O)CC(C)C. The average molecular weight is 321 g/mol. The average Bonchev–Trinajstić information content (AvgIpc) is 2.44. The molecule has 0 saturated carbocycles. The first-order valence-corrected chi connectivity index (χ1v) is 7.83. The molecule has 0 atom stereocenters. The van der Waals surface area contributed by atoms with Crippen LogP contribution in [0.3, 0.4) is 0 Å². The lowest BCUT2D eigenvalue weighted by Gasteiger charge is -2.14. The quantitative estimate of drug-likeness (QED) is 0.705. The number of hydrogen-bond acceptors (Lipinski definition) is 3. The van der Waals surface area contributed by atoms with E-state index in [1.54, 1.807) is 24.3 Å². The maximum Gasteiger partial charge on any atom is 0.253 e. The van der Waals surface area contributed by atoms with Gasteiger partial charge in [-0.25, -0.2) is 0 Å². The van der Waals surface area contributed by atoms with Gasteiger partial charge in [-0.3, -0.25) is 9.59 Å². The third-order valence-corrected chi connectivity index (χ3v) is 3.01. The van der Waals surface area contributed by atoms with Gasteiger partial charge in [-0.05, 0) is 36.7 Å². The van der Waals surface area contributed by atoms with Crippen molar-refractivity contribution in [1.82, 2.24) is 10.6 Å². The smallest absolute Gasteiger partial charge is 0.253 e. The Kier molecular flexibility index (Phi) is 7.52. The molecule has 1 rings (SSSR count). The molecule has 0 aliphatic heterocycles. The molecule has 120 valence electrons. The summed E-state index contributed by atoms with van der Waals surface area (Å²) in [6.45, 7) is 6.53. The number of nitrogens with one attached hydrogen (secondary N) is 3. The number of amides is 2. The van der Waals surface area contributed by atoms with E-state index in [0.29, 0.717) is 24.2 Å². The van der Waals surface area contributed by atoms with Crippen LogP contribution in [0.4, 0.5) is 5.69 Å². The van der Waals surface area contributed by atoms with Gasteiger partial charge in [0.1, 0.15) is 0 Å². The lowest BCUT2D eigenvalue weighted by Crippen LogP contribution is -2.35. The van der Waals surface area contributed by atoms with Crippen molar-refractivity contribution in [1.29, 1.82) is 0 Å². The highest BCUT2D eigenvalue weighted by Gasteiger charge is 2.12. The van der Waals surface area contributed by atoms with E-state index in [9.17, 15) is 9.59 Å². The van der Waals surface area contributed by atoms with Crippen LogP contribution in [0.25, 0.3) is 0 Å². The van der Waals surface area contributed by atoms with Crippen LogP contribution in [-0.2, 0) is 4.79 Å². The lowest BCUT2D eigenvalue weighted by atomic mass is 10.1. The van der Waals surface area contributed by atoms with Crippen LogP contribution >= 0.6 is 12.2 Å². The Morgan fingerprint density at radius 3 is 2.55 bits per heavy atom. The van der Waals surface area contributed by atoms with Crippen molar-refractivity contribution >= 4 is 34.8 Å². The summed E-state index contributed by atoms with van der Waals surface area (Å²) in [7, 11) is 0. The topological polar surface area (TPSA) is 70.2 Å². The van der Waals surface area contributed by atoms with Crippen molar-refractivity contribution in [2.45, 2.75) is 33.6 Å². The first-order valence-electron chi connectivity index (χ1n) is 7.42. The second kappa shape index (κ2) is 9.15. The van der Waals surface area contributed by atoms with Gasteiger partial charge in [-0.2, -0.15) is 0 Å². The van der Waals surface area contributed by atoms with Gasteiger partial charge in [0.2, 0.25) is 5.91 Å². The molecule has 0 fully saturated rings. The van der Waals surface area contributed by atoms with Crippen molar-refractivity contribution in [3.63, 3.8) is 0 Å². The molecular formula is C16H23N3O2S. The molecular weight excluding hydrogens is 298 g/mol. The molecule has 22 heavy (non-hydrogen) atoms. The predicted molar refractivity (Wildman–Crippen MR) is 92.9 cm³/mol. The minimum atomic E-state index is -0.166. The van der Waals surface area contributed by atoms with Gasteiger partial charge in [0, 0.05) is 13.0 Å². The molecule has 0 saturated heterocycles. The zero-order chi connectivity index (χ0) is 16.5. The van der Waals surface area contributed by atoms with Gasteiger partial charge < -0.3 is 16.0 Å². The Hall–Kier alpha value is -1.95. The van der Waals surface area contributed by atoms with Gasteiger partial charge in [0.15, 0.2) is 5.11 Å². The molecule has 0 radical (unpaired) electrons. The van der Waals surface area contributed by atoms with Gasteiger partial charge in [0.25, 0.3) is 5.91 Å². The zero-order valence-corrected chi connectivity index (χ0v) is 14.0. The predicted octanol–water partition coefficient (Wildman–Crippen LogP) is 2.69. The van der Waals surface area contributed by atoms with Gasteiger partial charge >= 0.3 is 0 Å². The molecule has 3 N–H and O–H groups in total. The number of thiocarbonyl (C=S) groups is 1. The van der Waals surface area contributed by atoms with Crippen LogP contribution in [0.1, 0.15) is 44.0 Å². The summed E-state index contributed by atoms with van der Waals surface area (Å²) >= 11 is 5.12. The highest BCUT2D eigenvalue weighted by Crippen LogP contribution is 2.14. The summed E-state index contributed by atoms with van der Waals surface area (Å²) in [5.41, 5.74) is 1.07. The maximum atomic E-state index is 12.1. The summed E-state index contributed by atoms with van der Waals surface area (Å²) in [5.74, 6) is -0.0448. The number of carbonyl (C=O) groups excluding carboxylic acids is 2. The molecule has 0 heterocycles. The van der Waals surface area contributed by atoms with Crippen molar-refractivity contribution in [2.75, 3.05) is 11.9 Å². The van der Waals surface area contributed by atoms with Crippen molar-refractivity contribution in [3.8, 4) is 0 Å². The van der Waals surface area contributed by atoms with Crippen LogP contribution in [0.2, 0.25) is 0 Å². The van der Waals surface area contributed by atoms with E-state index in [4.69, 9.17) is 12.2 Å². The summed E-state index contributed by atoms with van der Waals surface area (Å²) in [5, 5.41) is 8.54. The summed E-state index contributed by atoms with van der Waals surface area (Å²) in [6.07, 6.45) is 1.27. The minimum absolute atomic E-state index is 0.139. The van der Waals surface area contributed by atoms with E-state index in [2.05, 4.69) is 16.0 Å². The molecule has 1 aromatic carbocycles. The van der Waals surface area contributed by atoms with Crippen molar-refractivity contribution in [2.24, 2.45) is 5.92 Å². The molecule has 0 aliphatic rings.